The van der Waals surface area contributed by atoms with Crippen molar-refractivity contribution in [1.82, 2.24) is 4.98 Å². The highest BCUT2D eigenvalue weighted by molar-refractivity contribution is 7.85. The summed E-state index contributed by atoms with van der Waals surface area (Å²) in [5.41, 5.74) is 1.33. The summed E-state index contributed by atoms with van der Waals surface area (Å²) in [7, 11) is -4.72. The molecule has 0 aliphatic rings. The van der Waals surface area contributed by atoms with Gasteiger partial charge in [0.25, 0.3) is 0 Å². The number of rotatable bonds is 8. The van der Waals surface area contributed by atoms with Crippen LogP contribution >= 0.6 is 0 Å². The molecule has 0 spiro atoms. The highest BCUT2D eigenvalue weighted by atomic mass is 32.2. The topological polar surface area (TPSA) is 117 Å². The summed E-state index contributed by atoms with van der Waals surface area (Å²) in [5, 5.41) is 17.7. The van der Waals surface area contributed by atoms with Gasteiger partial charge in [0, 0.05) is 13.0 Å². The molecule has 0 saturated carbocycles. The fourth-order valence-corrected chi connectivity index (χ4v) is 3.03. The summed E-state index contributed by atoms with van der Waals surface area (Å²) >= 11 is 0. The zero-order valence-electron chi connectivity index (χ0n) is 15.3. The molecule has 7 nitrogen and oxygen atoms in total. The molecule has 0 saturated heterocycles. The van der Waals surface area contributed by atoms with Crippen LogP contribution in [0.2, 0.25) is 0 Å². The normalized spacial score (nSPS) is 11.0. The van der Waals surface area contributed by atoms with E-state index in [1.807, 2.05) is 0 Å². The highest BCUT2D eigenvalue weighted by Gasteiger charge is 2.08. The number of hydrogen-bond acceptors (Lipinski definition) is 5. The number of imidazole rings is 1. The Kier molecular flexibility index (Phi) is 9.15. The van der Waals surface area contributed by atoms with Gasteiger partial charge in [0.1, 0.15) is 33.5 Å². The van der Waals surface area contributed by atoms with Crippen molar-refractivity contribution in [3.05, 3.63) is 36.4 Å². The second-order valence-electron chi connectivity index (χ2n) is 6.15. The number of nitrogens with one attached hydrogen (secondary N) is 1. The number of unbranched alkanes of at least 4 members (excludes halogenated alkanes) is 5. The molecule has 8 heteroatoms. The number of H-pyrrole nitrogens is 1. The molecular formula is C18H28N2O5S. The molecule has 1 aromatic carbocycles. The van der Waals surface area contributed by atoms with Gasteiger partial charge in [0.15, 0.2) is 0 Å². The Hall–Kier alpha value is -2.06. The molecule has 1 aromatic heterocycles. The molecule has 146 valence electrons. The van der Waals surface area contributed by atoms with E-state index in [4.69, 9.17) is 10.2 Å². The van der Waals surface area contributed by atoms with Crippen molar-refractivity contribution in [1.29, 1.82) is 0 Å². The average Bonchev–Trinajstić information content (AvgIpc) is 2.98. The fourth-order valence-electron chi connectivity index (χ4n) is 2.44. The van der Waals surface area contributed by atoms with Gasteiger partial charge in [-0.2, -0.15) is 0 Å². The van der Waals surface area contributed by atoms with E-state index in [1.165, 1.54) is 50.8 Å². The molecule has 0 fully saturated rings. The Morgan fingerprint density at radius 1 is 1.12 bits per heavy atom. The minimum atomic E-state index is -4.72. The Balaban J connectivity index is 0.000000263. The Bertz CT molecular complexity index is 772. The number of benzene rings is 1. The minimum absolute atomic E-state index is 0.387. The van der Waals surface area contributed by atoms with Gasteiger partial charge in [0.05, 0.1) is 11.4 Å². The van der Waals surface area contributed by atoms with Crippen molar-refractivity contribution in [3.8, 4) is 11.5 Å². The molecule has 0 amide bonds. The zero-order chi connectivity index (χ0) is 19.6. The number of phenolic OH excluding ortho intramolecular Hbond substituents is 2. The summed E-state index contributed by atoms with van der Waals surface area (Å²) in [4.78, 5) is 2.31. The first-order valence-corrected chi connectivity index (χ1v) is 10.2. The van der Waals surface area contributed by atoms with E-state index in [-0.39, 0.29) is 5.75 Å². The SMILES string of the molecule is CCCCCCCC[n+]1c[nH]cc1C.O=S(=O)([O-])c1cc(O)ccc1O. The number of phenols is 2. The van der Waals surface area contributed by atoms with Gasteiger partial charge in [-0.15, -0.1) is 0 Å². The summed E-state index contributed by atoms with van der Waals surface area (Å²) in [5.74, 6) is -1.05. The van der Waals surface area contributed by atoms with Crippen molar-refractivity contribution < 1.29 is 27.8 Å². The number of aromatic amines is 1. The molecular weight excluding hydrogens is 356 g/mol. The van der Waals surface area contributed by atoms with Crippen LogP contribution in [0.15, 0.2) is 35.6 Å². The number of aromatic hydroxyl groups is 2. The van der Waals surface area contributed by atoms with Gasteiger partial charge < -0.3 is 14.8 Å². The standard InChI is InChI=1S/C12H22N2.C6H6O5S/c1-3-4-5-6-7-8-9-14-11-13-10-12(14)2;7-4-1-2-5(8)6(3-4)12(9,10)11/h10-11H,3-9H2,1-2H3;1-3,7-8H,(H,9,10,11). The van der Waals surface area contributed by atoms with E-state index in [1.54, 1.807) is 0 Å². The Labute approximate surface area is 155 Å². The third-order valence-electron chi connectivity index (χ3n) is 3.94. The largest absolute Gasteiger partial charge is 0.744 e. The van der Waals surface area contributed by atoms with E-state index in [0.29, 0.717) is 6.07 Å². The lowest BCUT2D eigenvalue weighted by molar-refractivity contribution is -0.701. The fraction of sp³-hybridized carbons (Fsp3) is 0.500. The first-order valence-electron chi connectivity index (χ1n) is 8.76. The summed E-state index contributed by atoms with van der Waals surface area (Å²) in [6, 6.07) is 2.70. The van der Waals surface area contributed by atoms with Gasteiger partial charge in [0.2, 0.25) is 6.33 Å². The van der Waals surface area contributed by atoms with Crippen LogP contribution in [0.25, 0.3) is 0 Å². The molecule has 1 heterocycles. The van der Waals surface area contributed by atoms with Crippen LogP contribution in [0.4, 0.5) is 0 Å². The predicted octanol–water partition coefficient (Wildman–Crippen LogP) is 2.97. The summed E-state index contributed by atoms with van der Waals surface area (Å²) in [6.45, 7) is 5.58. The second kappa shape index (κ2) is 10.8. The number of nitrogens with zero attached hydrogens (tertiary/aromatic N) is 1. The van der Waals surface area contributed by atoms with Crippen LogP contribution < -0.4 is 4.57 Å². The summed E-state index contributed by atoms with van der Waals surface area (Å²) in [6.07, 6.45) is 12.3. The van der Waals surface area contributed by atoms with Gasteiger partial charge in [-0.3, -0.25) is 0 Å². The van der Waals surface area contributed by atoms with E-state index in [2.05, 4.69) is 35.9 Å². The van der Waals surface area contributed by atoms with Crippen LogP contribution in [0.3, 0.4) is 0 Å². The van der Waals surface area contributed by atoms with Crippen LogP contribution in [0.5, 0.6) is 11.5 Å². The lowest BCUT2D eigenvalue weighted by Crippen LogP contribution is -2.33. The maximum atomic E-state index is 10.4. The Morgan fingerprint density at radius 3 is 2.31 bits per heavy atom. The Morgan fingerprint density at radius 2 is 1.77 bits per heavy atom. The van der Waals surface area contributed by atoms with E-state index in [0.717, 1.165) is 12.1 Å². The first kappa shape index (κ1) is 22.0. The summed E-state index contributed by atoms with van der Waals surface area (Å²) < 4.78 is 33.4. The molecule has 3 N–H and O–H groups in total. The van der Waals surface area contributed by atoms with Crippen molar-refractivity contribution in [2.24, 2.45) is 0 Å². The lowest BCUT2D eigenvalue weighted by Gasteiger charge is -2.08. The molecule has 26 heavy (non-hydrogen) atoms. The molecule has 2 aromatic rings. The van der Waals surface area contributed by atoms with Crippen LogP contribution in [-0.2, 0) is 16.7 Å². The number of hydrogen-bond donors (Lipinski definition) is 3. The first-order chi connectivity index (χ1) is 12.3. The highest BCUT2D eigenvalue weighted by Crippen LogP contribution is 2.25. The predicted molar refractivity (Wildman–Crippen MR) is 96.8 cm³/mol. The molecule has 0 aliphatic carbocycles. The van der Waals surface area contributed by atoms with Crippen molar-refractivity contribution in [3.63, 3.8) is 0 Å². The number of aromatic nitrogens is 2. The van der Waals surface area contributed by atoms with Crippen LogP contribution in [0, 0.1) is 6.92 Å². The molecule has 0 radical (unpaired) electrons. The second-order valence-corrected chi connectivity index (χ2v) is 7.50. The quantitative estimate of drug-likeness (QED) is 0.280. The molecule has 2 rings (SSSR count). The average molecular weight is 384 g/mol. The third kappa shape index (κ3) is 7.88. The minimum Gasteiger partial charge on any atom is -0.744 e. The smallest absolute Gasteiger partial charge is 0.241 e. The van der Waals surface area contributed by atoms with Crippen molar-refractivity contribution >= 4 is 10.1 Å². The van der Waals surface area contributed by atoms with Gasteiger partial charge in [-0.05, 0) is 25.0 Å². The van der Waals surface area contributed by atoms with Gasteiger partial charge >= 0.3 is 0 Å². The van der Waals surface area contributed by atoms with Crippen molar-refractivity contribution in [2.45, 2.75) is 63.8 Å². The molecule has 0 bridgehead atoms. The van der Waals surface area contributed by atoms with E-state index < -0.39 is 20.8 Å². The maximum absolute atomic E-state index is 10.4. The lowest BCUT2D eigenvalue weighted by atomic mass is 10.1. The molecule has 0 aliphatic heterocycles. The number of aryl methyl sites for hydroxylation is 2. The molecule has 0 unspecified atom stereocenters. The molecule has 0 atom stereocenters. The van der Waals surface area contributed by atoms with Crippen LogP contribution in [0.1, 0.15) is 51.1 Å². The zero-order valence-corrected chi connectivity index (χ0v) is 16.1. The van der Waals surface area contributed by atoms with Crippen LogP contribution in [-0.4, -0.2) is 28.2 Å². The van der Waals surface area contributed by atoms with E-state index in [9.17, 15) is 13.0 Å². The monoisotopic (exact) mass is 384 g/mol. The third-order valence-corrected chi connectivity index (χ3v) is 4.81. The van der Waals surface area contributed by atoms with E-state index >= 15 is 0 Å². The van der Waals surface area contributed by atoms with Crippen molar-refractivity contribution in [2.75, 3.05) is 0 Å². The van der Waals surface area contributed by atoms with Gasteiger partial charge in [-0.1, -0.05) is 32.6 Å². The maximum Gasteiger partial charge on any atom is 0.241 e. The van der Waals surface area contributed by atoms with Gasteiger partial charge in [-0.25, -0.2) is 18.0 Å².